The molecule has 22 heavy (non-hydrogen) atoms. The second-order valence-electron chi connectivity index (χ2n) is 5.40. The van der Waals surface area contributed by atoms with Gasteiger partial charge in [-0.3, -0.25) is 4.98 Å². The molecule has 0 spiro atoms. The zero-order chi connectivity index (χ0) is 16.8. The predicted molar refractivity (Wildman–Crippen MR) is 79.2 cm³/mol. The Morgan fingerprint density at radius 1 is 1.41 bits per heavy atom. The smallest absolute Gasteiger partial charge is 0.408 e. The lowest BCUT2D eigenvalue weighted by atomic mass is 10.1. The molecular formula is C14H19ClN2O5. The molecule has 122 valence electrons. The van der Waals surface area contributed by atoms with E-state index in [1.165, 1.54) is 12.3 Å². The molecule has 0 aliphatic heterocycles. The van der Waals surface area contributed by atoms with Gasteiger partial charge in [0, 0.05) is 6.20 Å². The van der Waals surface area contributed by atoms with Crippen LogP contribution in [-0.4, -0.2) is 39.9 Å². The number of alkyl halides is 1. The minimum atomic E-state index is -1.40. The zero-order valence-electron chi connectivity index (χ0n) is 12.6. The van der Waals surface area contributed by atoms with Gasteiger partial charge in [-0.05, 0) is 32.9 Å². The first-order valence-electron chi connectivity index (χ1n) is 6.55. The molecule has 2 unspecified atom stereocenters. The number of alkyl carbamates (subject to hydrolysis) is 1. The molecule has 1 aromatic heterocycles. The summed E-state index contributed by atoms with van der Waals surface area (Å²) in [5.41, 5.74) is -0.545. The summed E-state index contributed by atoms with van der Waals surface area (Å²) in [6.45, 7) is 5.02. The molecule has 0 radical (unpaired) electrons. The van der Waals surface area contributed by atoms with E-state index in [0.717, 1.165) is 0 Å². The van der Waals surface area contributed by atoms with Crippen LogP contribution < -0.4 is 5.32 Å². The summed E-state index contributed by atoms with van der Waals surface area (Å²) in [5.74, 6) is -0.890. The number of aromatic nitrogens is 1. The van der Waals surface area contributed by atoms with E-state index in [1.54, 1.807) is 32.9 Å². The molecule has 0 fully saturated rings. The van der Waals surface area contributed by atoms with Crippen molar-refractivity contribution in [2.45, 2.75) is 38.5 Å². The third kappa shape index (κ3) is 5.87. The van der Waals surface area contributed by atoms with Gasteiger partial charge in [-0.1, -0.05) is 17.7 Å². The molecule has 0 aliphatic carbocycles. The molecule has 0 aromatic carbocycles. The van der Waals surface area contributed by atoms with E-state index in [1.807, 2.05) is 0 Å². The number of amides is 1. The van der Waals surface area contributed by atoms with Gasteiger partial charge in [-0.25, -0.2) is 9.59 Å². The maximum atomic E-state index is 11.9. The first-order valence-corrected chi connectivity index (χ1v) is 7.09. The Kier molecular flexibility index (Phi) is 6.58. The standard InChI is InChI=1S/C14H19ClN2O5/c1-14(2,3)22-13(20)17-10(12(19)21-8-15)11(18)9-6-4-5-7-16-9/h4-7,10-11,18H,8H2,1-3H3,(H,17,20). The Morgan fingerprint density at radius 3 is 2.59 bits per heavy atom. The Hall–Kier alpha value is -1.86. The number of carbonyl (C=O) groups is 2. The number of aliphatic hydroxyl groups is 1. The average Bonchev–Trinajstić information content (AvgIpc) is 2.43. The van der Waals surface area contributed by atoms with Crippen molar-refractivity contribution < 1.29 is 24.2 Å². The maximum absolute atomic E-state index is 11.9. The lowest BCUT2D eigenvalue weighted by Crippen LogP contribution is -2.47. The predicted octanol–water partition coefficient (Wildman–Crippen LogP) is 1.75. The molecule has 7 nitrogen and oxygen atoms in total. The SMILES string of the molecule is CC(C)(C)OC(=O)NC(C(=O)OCCl)C(O)c1ccccn1. The van der Waals surface area contributed by atoms with Crippen molar-refractivity contribution in [3.63, 3.8) is 0 Å². The molecule has 2 N–H and O–H groups in total. The van der Waals surface area contributed by atoms with Gasteiger partial charge in [0.1, 0.15) is 11.7 Å². The first-order chi connectivity index (χ1) is 10.2. The van der Waals surface area contributed by atoms with E-state index < -0.39 is 35.9 Å². The van der Waals surface area contributed by atoms with Crippen molar-refractivity contribution >= 4 is 23.7 Å². The van der Waals surface area contributed by atoms with Crippen LogP contribution in [0.15, 0.2) is 24.4 Å². The van der Waals surface area contributed by atoms with Crippen LogP contribution in [0.1, 0.15) is 32.6 Å². The van der Waals surface area contributed by atoms with Crippen LogP contribution >= 0.6 is 11.6 Å². The van der Waals surface area contributed by atoms with Gasteiger partial charge in [0.15, 0.2) is 12.1 Å². The minimum absolute atomic E-state index is 0.204. The number of ether oxygens (including phenoxy) is 2. The Balaban J connectivity index is 2.89. The fourth-order valence-electron chi connectivity index (χ4n) is 1.57. The van der Waals surface area contributed by atoms with E-state index in [9.17, 15) is 14.7 Å². The van der Waals surface area contributed by atoms with Gasteiger partial charge < -0.3 is 19.9 Å². The van der Waals surface area contributed by atoms with E-state index >= 15 is 0 Å². The van der Waals surface area contributed by atoms with Crippen molar-refractivity contribution in [1.82, 2.24) is 10.3 Å². The van der Waals surface area contributed by atoms with Crippen LogP contribution in [0, 0.1) is 0 Å². The van der Waals surface area contributed by atoms with Crippen molar-refractivity contribution in [1.29, 1.82) is 0 Å². The molecule has 1 heterocycles. The topological polar surface area (TPSA) is 97.8 Å². The monoisotopic (exact) mass is 330 g/mol. The number of aliphatic hydroxyl groups excluding tert-OH is 1. The van der Waals surface area contributed by atoms with Crippen LogP contribution in [0.25, 0.3) is 0 Å². The summed E-state index contributed by atoms with van der Waals surface area (Å²) in [7, 11) is 0. The van der Waals surface area contributed by atoms with E-state index in [4.69, 9.17) is 16.3 Å². The number of rotatable bonds is 5. The lowest BCUT2D eigenvalue weighted by molar-refractivity contribution is -0.147. The summed E-state index contributed by atoms with van der Waals surface area (Å²) in [6.07, 6.45) is -0.806. The van der Waals surface area contributed by atoms with Gasteiger partial charge in [0.2, 0.25) is 0 Å². The van der Waals surface area contributed by atoms with E-state index in [-0.39, 0.29) is 5.69 Å². The Bertz CT molecular complexity index is 504. The van der Waals surface area contributed by atoms with Gasteiger partial charge in [0.25, 0.3) is 0 Å². The number of nitrogens with zero attached hydrogens (tertiary/aromatic N) is 1. The van der Waals surface area contributed by atoms with Crippen molar-refractivity contribution in [2.75, 3.05) is 6.07 Å². The van der Waals surface area contributed by atoms with Crippen molar-refractivity contribution in [2.24, 2.45) is 0 Å². The van der Waals surface area contributed by atoms with Gasteiger partial charge in [-0.2, -0.15) is 0 Å². The largest absolute Gasteiger partial charge is 0.448 e. The highest BCUT2D eigenvalue weighted by molar-refractivity contribution is 6.17. The highest BCUT2D eigenvalue weighted by Gasteiger charge is 2.33. The fraction of sp³-hybridized carbons (Fsp3) is 0.500. The number of carbonyl (C=O) groups excluding carboxylic acids is 2. The Morgan fingerprint density at radius 2 is 2.09 bits per heavy atom. The summed E-state index contributed by atoms with van der Waals surface area (Å²) in [5, 5.41) is 12.5. The molecule has 0 bridgehead atoms. The maximum Gasteiger partial charge on any atom is 0.408 e. The number of hydrogen-bond donors (Lipinski definition) is 2. The highest BCUT2D eigenvalue weighted by atomic mass is 35.5. The van der Waals surface area contributed by atoms with Crippen molar-refractivity contribution in [3.8, 4) is 0 Å². The quantitative estimate of drug-likeness (QED) is 0.630. The van der Waals surface area contributed by atoms with Crippen LogP contribution in [0.5, 0.6) is 0 Å². The molecule has 1 rings (SSSR count). The summed E-state index contributed by atoms with van der Waals surface area (Å²) < 4.78 is 9.71. The number of pyridine rings is 1. The number of nitrogens with one attached hydrogen (secondary N) is 1. The molecule has 2 atom stereocenters. The third-order valence-corrected chi connectivity index (χ3v) is 2.54. The molecule has 0 saturated carbocycles. The van der Waals surface area contributed by atoms with Gasteiger partial charge in [0.05, 0.1) is 5.69 Å². The summed E-state index contributed by atoms with van der Waals surface area (Å²) in [6, 6.07) is 3.03. The number of halogens is 1. The van der Waals surface area contributed by atoms with E-state index in [0.29, 0.717) is 0 Å². The average molecular weight is 331 g/mol. The molecule has 1 amide bonds. The molecule has 8 heteroatoms. The third-order valence-electron chi connectivity index (χ3n) is 2.43. The number of esters is 1. The second kappa shape index (κ2) is 7.95. The van der Waals surface area contributed by atoms with Crippen LogP contribution in [0.4, 0.5) is 4.79 Å². The molecule has 1 aromatic rings. The lowest BCUT2D eigenvalue weighted by Gasteiger charge is -2.25. The molecule has 0 aliphatic rings. The van der Waals surface area contributed by atoms with Gasteiger partial charge >= 0.3 is 12.1 Å². The Labute approximate surface area is 133 Å². The van der Waals surface area contributed by atoms with Crippen LogP contribution in [0.3, 0.4) is 0 Å². The fourth-order valence-corrected chi connectivity index (χ4v) is 1.67. The zero-order valence-corrected chi connectivity index (χ0v) is 13.3. The van der Waals surface area contributed by atoms with Crippen LogP contribution in [0.2, 0.25) is 0 Å². The highest BCUT2D eigenvalue weighted by Crippen LogP contribution is 2.16. The van der Waals surface area contributed by atoms with E-state index in [2.05, 4.69) is 15.0 Å². The normalized spacial score (nSPS) is 13.9. The summed E-state index contributed by atoms with van der Waals surface area (Å²) >= 11 is 5.35. The van der Waals surface area contributed by atoms with Crippen LogP contribution in [-0.2, 0) is 14.3 Å². The molecule has 0 saturated heterocycles. The second-order valence-corrected chi connectivity index (χ2v) is 5.61. The van der Waals surface area contributed by atoms with Crippen molar-refractivity contribution in [3.05, 3.63) is 30.1 Å². The molecular weight excluding hydrogens is 312 g/mol. The first kappa shape index (κ1) is 18.2. The van der Waals surface area contributed by atoms with Gasteiger partial charge in [-0.15, -0.1) is 0 Å². The number of hydrogen-bond acceptors (Lipinski definition) is 6. The minimum Gasteiger partial charge on any atom is -0.448 e. The summed E-state index contributed by atoms with van der Waals surface area (Å²) in [4.78, 5) is 27.6.